The number of carbonyl (C=O) groups is 1. The average Bonchev–Trinajstić information content (AvgIpc) is 3.10. The first-order chi connectivity index (χ1) is 8.84. The fourth-order valence-corrected chi connectivity index (χ4v) is 2.71. The van der Waals surface area contributed by atoms with Crippen molar-refractivity contribution in [3.8, 4) is 0 Å². The summed E-state index contributed by atoms with van der Waals surface area (Å²) in [4.78, 5) is 14.4. The van der Waals surface area contributed by atoms with Crippen LogP contribution in [0.25, 0.3) is 0 Å². The number of hydrogen-bond acceptors (Lipinski definition) is 2. The second-order valence-electron chi connectivity index (χ2n) is 4.66. The van der Waals surface area contributed by atoms with Crippen LogP contribution in [0.2, 0.25) is 0 Å². The maximum atomic E-state index is 12.4. The minimum atomic E-state index is 0.169. The molecule has 0 N–H and O–H groups in total. The van der Waals surface area contributed by atoms with E-state index in [9.17, 15) is 4.79 Å². The number of nitrogens with zero attached hydrogens (tertiary/aromatic N) is 1. The Bertz CT molecular complexity index is 517. The van der Waals surface area contributed by atoms with E-state index in [4.69, 9.17) is 0 Å². The summed E-state index contributed by atoms with van der Waals surface area (Å²) in [5, 5.41) is 3.89. The first kappa shape index (κ1) is 11.5. The van der Waals surface area contributed by atoms with E-state index in [2.05, 4.69) is 12.1 Å². The van der Waals surface area contributed by atoms with Gasteiger partial charge in [0.25, 0.3) is 5.91 Å². The summed E-state index contributed by atoms with van der Waals surface area (Å²) in [7, 11) is 0. The molecule has 1 aliphatic carbocycles. The summed E-state index contributed by atoms with van der Waals surface area (Å²) >= 11 is 1.58. The molecule has 3 heteroatoms. The quantitative estimate of drug-likeness (QED) is 0.820. The summed E-state index contributed by atoms with van der Waals surface area (Å²) in [5.41, 5.74) is 2.02. The first-order valence-corrected chi connectivity index (χ1v) is 7.16. The highest BCUT2D eigenvalue weighted by Gasteiger charge is 2.33. The molecule has 3 rings (SSSR count). The van der Waals surface area contributed by atoms with Gasteiger partial charge in [-0.2, -0.15) is 11.3 Å². The topological polar surface area (TPSA) is 20.3 Å². The summed E-state index contributed by atoms with van der Waals surface area (Å²) in [6, 6.07) is 12.6. The van der Waals surface area contributed by atoms with Gasteiger partial charge in [-0.15, -0.1) is 0 Å². The van der Waals surface area contributed by atoms with E-state index in [1.165, 1.54) is 5.56 Å². The minimum Gasteiger partial charge on any atom is -0.331 e. The summed E-state index contributed by atoms with van der Waals surface area (Å²) < 4.78 is 0. The van der Waals surface area contributed by atoms with Gasteiger partial charge in [0.1, 0.15) is 0 Å². The molecule has 1 amide bonds. The van der Waals surface area contributed by atoms with Gasteiger partial charge in [0.05, 0.1) is 5.56 Å². The van der Waals surface area contributed by atoms with E-state index in [0.29, 0.717) is 6.04 Å². The van der Waals surface area contributed by atoms with Crippen LogP contribution in [0.1, 0.15) is 28.8 Å². The molecule has 92 valence electrons. The fourth-order valence-electron chi connectivity index (χ4n) is 2.09. The van der Waals surface area contributed by atoms with Gasteiger partial charge in [-0.05, 0) is 29.9 Å². The van der Waals surface area contributed by atoms with Gasteiger partial charge in [-0.25, -0.2) is 0 Å². The molecule has 2 nitrogen and oxygen atoms in total. The highest BCUT2D eigenvalue weighted by molar-refractivity contribution is 7.08. The van der Waals surface area contributed by atoms with E-state index in [-0.39, 0.29) is 5.91 Å². The van der Waals surface area contributed by atoms with Gasteiger partial charge < -0.3 is 4.90 Å². The van der Waals surface area contributed by atoms with Crippen molar-refractivity contribution in [1.29, 1.82) is 0 Å². The van der Waals surface area contributed by atoms with Crippen LogP contribution in [-0.4, -0.2) is 16.8 Å². The highest BCUT2D eigenvalue weighted by Crippen LogP contribution is 2.30. The van der Waals surface area contributed by atoms with E-state index in [0.717, 1.165) is 24.9 Å². The van der Waals surface area contributed by atoms with Crippen molar-refractivity contribution < 1.29 is 4.79 Å². The van der Waals surface area contributed by atoms with Gasteiger partial charge in [0.15, 0.2) is 0 Å². The molecule has 0 radical (unpaired) electrons. The van der Waals surface area contributed by atoms with Crippen molar-refractivity contribution in [1.82, 2.24) is 4.90 Å². The molecule has 2 aromatic rings. The van der Waals surface area contributed by atoms with Crippen LogP contribution in [0.15, 0.2) is 47.2 Å². The lowest BCUT2D eigenvalue weighted by Gasteiger charge is -2.22. The Morgan fingerprint density at radius 3 is 2.61 bits per heavy atom. The molecule has 1 heterocycles. The molecule has 0 spiro atoms. The standard InChI is InChI=1S/C15H15NOS/c17-15(13-8-9-18-11-13)16(14-6-7-14)10-12-4-2-1-3-5-12/h1-5,8-9,11,14H,6-7,10H2. The third kappa shape index (κ3) is 2.46. The number of amides is 1. The van der Waals surface area contributed by atoms with E-state index < -0.39 is 0 Å². The monoisotopic (exact) mass is 257 g/mol. The smallest absolute Gasteiger partial charge is 0.255 e. The molecule has 0 atom stereocenters. The molecule has 1 aliphatic rings. The van der Waals surface area contributed by atoms with Crippen molar-refractivity contribution in [3.63, 3.8) is 0 Å². The maximum absolute atomic E-state index is 12.4. The van der Waals surface area contributed by atoms with Crippen molar-refractivity contribution in [3.05, 3.63) is 58.3 Å². The number of rotatable bonds is 4. The molecular formula is C15H15NOS. The third-order valence-corrected chi connectivity index (χ3v) is 3.90. The first-order valence-electron chi connectivity index (χ1n) is 6.21. The van der Waals surface area contributed by atoms with Crippen LogP contribution in [-0.2, 0) is 6.54 Å². The molecule has 0 unspecified atom stereocenters. The van der Waals surface area contributed by atoms with Crippen molar-refractivity contribution in [2.45, 2.75) is 25.4 Å². The number of benzene rings is 1. The van der Waals surface area contributed by atoms with Crippen molar-refractivity contribution in [2.75, 3.05) is 0 Å². The van der Waals surface area contributed by atoms with Gasteiger partial charge in [0, 0.05) is 18.0 Å². The molecule has 0 bridgehead atoms. The number of carbonyl (C=O) groups excluding carboxylic acids is 1. The number of hydrogen-bond donors (Lipinski definition) is 0. The SMILES string of the molecule is O=C(c1ccsc1)N(Cc1ccccc1)C1CC1. The Morgan fingerprint density at radius 2 is 2.00 bits per heavy atom. The molecule has 1 fully saturated rings. The molecule has 1 aromatic carbocycles. The van der Waals surface area contributed by atoms with Crippen LogP contribution >= 0.6 is 11.3 Å². The van der Waals surface area contributed by atoms with E-state index in [1.54, 1.807) is 11.3 Å². The van der Waals surface area contributed by atoms with Crippen LogP contribution in [0.4, 0.5) is 0 Å². The van der Waals surface area contributed by atoms with Crippen LogP contribution in [0.5, 0.6) is 0 Å². The van der Waals surface area contributed by atoms with Gasteiger partial charge >= 0.3 is 0 Å². The normalized spacial score (nSPS) is 14.4. The zero-order valence-corrected chi connectivity index (χ0v) is 10.9. The van der Waals surface area contributed by atoms with E-state index in [1.807, 2.05) is 39.9 Å². The molecule has 18 heavy (non-hydrogen) atoms. The van der Waals surface area contributed by atoms with Gasteiger partial charge in [-0.1, -0.05) is 30.3 Å². The van der Waals surface area contributed by atoms with Crippen LogP contribution in [0, 0.1) is 0 Å². The van der Waals surface area contributed by atoms with Crippen molar-refractivity contribution in [2.24, 2.45) is 0 Å². The van der Waals surface area contributed by atoms with Crippen molar-refractivity contribution >= 4 is 17.2 Å². The van der Waals surface area contributed by atoms with Crippen LogP contribution in [0.3, 0.4) is 0 Å². The summed E-state index contributed by atoms with van der Waals surface area (Å²) in [6.45, 7) is 0.722. The highest BCUT2D eigenvalue weighted by atomic mass is 32.1. The zero-order chi connectivity index (χ0) is 12.4. The number of thiophene rings is 1. The summed E-state index contributed by atoms with van der Waals surface area (Å²) in [5.74, 6) is 0.169. The largest absolute Gasteiger partial charge is 0.331 e. The molecular weight excluding hydrogens is 242 g/mol. The molecule has 0 saturated heterocycles. The van der Waals surface area contributed by atoms with Crippen LogP contribution < -0.4 is 0 Å². The van der Waals surface area contributed by atoms with Gasteiger partial charge in [0.2, 0.25) is 0 Å². The molecule has 0 aliphatic heterocycles. The van der Waals surface area contributed by atoms with E-state index >= 15 is 0 Å². The lowest BCUT2D eigenvalue weighted by molar-refractivity contribution is 0.0730. The predicted molar refractivity (Wildman–Crippen MR) is 73.7 cm³/mol. The fraction of sp³-hybridized carbons (Fsp3) is 0.267. The minimum absolute atomic E-state index is 0.169. The maximum Gasteiger partial charge on any atom is 0.255 e. The Morgan fingerprint density at radius 1 is 1.22 bits per heavy atom. The predicted octanol–water partition coefficient (Wildman–Crippen LogP) is 3.55. The Balaban J connectivity index is 1.79. The Labute approximate surface area is 111 Å². The molecule has 1 saturated carbocycles. The lowest BCUT2D eigenvalue weighted by Crippen LogP contribution is -2.32. The zero-order valence-electron chi connectivity index (χ0n) is 10.1. The Kier molecular flexibility index (Phi) is 3.15. The summed E-state index contributed by atoms with van der Waals surface area (Å²) in [6.07, 6.45) is 2.28. The second-order valence-corrected chi connectivity index (χ2v) is 5.44. The average molecular weight is 257 g/mol. The Hall–Kier alpha value is -1.61. The lowest BCUT2D eigenvalue weighted by atomic mass is 10.2. The molecule has 1 aromatic heterocycles. The van der Waals surface area contributed by atoms with Gasteiger partial charge in [-0.3, -0.25) is 4.79 Å². The second kappa shape index (κ2) is 4.94. The third-order valence-electron chi connectivity index (χ3n) is 3.21.